The molecular formula is C14H20N4O. The number of allylic oxidation sites excluding steroid dienone is 1. The van der Waals surface area contributed by atoms with Crippen molar-refractivity contribution in [3.63, 3.8) is 0 Å². The molecule has 0 unspecified atom stereocenters. The first-order valence-corrected chi connectivity index (χ1v) is 6.62. The molecule has 1 aliphatic carbocycles. The van der Waals surface area contributed by atoms with Gasteiger partial charge in [0.15, 0.2) is 5.82 Å². The van der Waals surface area contributed by atoms with Crippen LogP contribution in [0.4, 0.5) is 11.5 Å². The van der Waals surface area contributed by atoms with Crippen molar-refractivity contribution in [2.75, 3.05) is 24.3 Å². The van der Waals surface area contributed by atoms with Gasteiger partial charge in [0.05, 0.1) is 6.20 Å². The predicted octanol–water partition coefficient (Wildman–Crippen LogP) is 2.37. The zero-order valence-electron chi connectivity index (χ0n) is 11.5. The van der Waals surface area contributed by atoms with Crippen LogP contribution in [0.1, 0.15) is 32.1 Å². The number of nitrogens with one attached hydrogen (secondary N) is 1. The summed E-state index contributed by atoms with van der Waals surface area (Å²) < 4.78 is 0. The van der Waals surface area contributed by atoms with E-state index in [4.69, 9.17) is 0 Å². The van der Waals surface area contributed by atoms with E-state index in [9.17, 15) is 4.79 Å². The lowest BCUT2D eigenvalue weighted by atomic mass is 9.97. The minimum absolute atomic E-state index is 0.00560. The normalized spacial score (nSPS) is 14.7. The fourth-order valence-electron chi connectivity index (χ4n) is 2.23. The van der Waals surface area contributed by atoms with Crippen LogP contribution in [0.3, 0.4) is 0 Å². The van der Waals surface area contributed by atoms with Gasteiger partial charge in [-0.15, -0.1) is 0 Å². The third kappa shape index (κ3) is 3.77. The van der Waals surface area contributed by atoms with Crippen LogP contribution in [0.25, 0.3) is 0 Å². The summed E-state index contributed by atoms with van der Waals surface area (Å²) in [4.78, 5) is 22.0. The van der Waals surface area contributed by atoms with Gasteiger partial charge in [0.2, 0.25) is 5.91 Å². The Morgan fingerprint density at radius 2 is 2.26 bits per heavy atom. The lowest BCUT2D eigenvalue weighted by Crippen LogP contribution is -2.18. The Kier molecular flexibility index (Phi) is 4.49. The van der Waals surface area contributed by atoms with E-state index in [2.05, 4.69) is 21.4 Å². The zero-order valence-corrected chi connectivity index (χ0v) is 11.5. The van der Waals surface area contributed by atoms with E-state index in [1.807, 2.05) is 19.0 Å². The Hall–Kier alpha value is -1.91. The average molecular weight is 260 g/mol. The van der Waals surface area contributed by atoms with Crippen LogP contribution in [0, 0.1) is 0 Å². The van der Waals surface area contributed by atoms with Crippen molar-refractivity contribution in [3.8, 4) is 0 Å². The van der Waals surface area contributed by atoms with Crippen molar-refractivity contribution in [3.05, 3.63) is 24.2 Å². The highest BCUT2D eigenvalue weighted by molar-refractivity contribution is 5.94. The molecule has 2 rings (SSSR count). The van der Waals surface area contributed by atoms with E-state index in [-0.39, 0.29) is 5.91 Å². The van der Waals surface area contributed by atoms with Crippen LogP contribution in [0.15, 0.2) is 24.2 Å². The molecule has 1 aliphatic rings. The molecule has 1 heterocycles. The summed E-state index contributed by atoms with van der Waals surface area (Å²) >= 11 is 0. The van der Waals surface area contributed by atoms with Crippen LogP contribution in [-0.4, -0.2) is 30.0 Å². The first kappa shape index (κ1) is 13.5. The van der Waals surface area contributed by atoms with E-state index in [1.54, 1.807) is 6.20 Å². The summed E-state index contributed by atoms with van der Waals surface area (Å²) in [5.74, 6) is 0.729. The van der Waals surface area contributed by atoms with Gasteiger partial charge < -0.3 is 10.2 Å². The molecular weight excluding hydrogens is 240 g/mol. The Labute approximate surface area is 113 Å². The van der Waals surface area contributed by atoms with Crippen LogP contribution in [-0.2, 0) is 4.79 Å². The van der Waals surface area contributed by atoms with Crippen molar-refractivity contribution in [1.29, 1.82) is 0 Å². The molecule has 1 aromatic heterocycles. The van der Waals surface area contributed by atoms with Crippen LogP contribution >= 0.6 is 0 Å². The number of rotatable bonds is 4. The van der Waals surface area contributed by atoms with Gasteiger partial charge in [-0.1, -0.05) is 11.6 Å². The van der Waals surface area contributed by atoms with E-state index < -0.39 is 0 Å². The highest BCUT2D eigenvalue weighted by atomic mass is 16.1. The number of aromatic nitrogens is 2. The summed E-state index contributed by atoms with van der Waals surface area (Å²) in [6.45, 7) is 0. The van der Waals surface area contributed by atoms with Gasteiger partial charge in [0.1, 0.15) is 12.0 Å². The second kappa shape index (κ2) is 6.31. The fraction of sp³-hybridized carbons (Fsp3) is 0.500. The van der Waals surface area contributed by atoms with Gasteiger partial charge in [-0.25, -0.2) is 9.97 Å². The maximum absolute atomic E-state index is 12.0. The third-order valence-electron chi connectivity index (χ3n) is 3.16. The smallest absolute Gasteiger partial charge is 0.228 e. The number of anilines is 2. The molecule has 0 radical (unpaired) electrons. The van der Waals surface area contributed by atoms with Gasteiger partial charge >= 0.3 is 0 Å². The lowest BCUT2D eigenvalue weighted by molar-refractivity contribution is -0.115. The average Bonchev–Trinajstić information content (AvgIpc) is 2.40. The predicted molar refractivity (Wildman–Crippen MR) is 76.2 cm³/mol. The third-order valence-corrected chi connectivity index (χ3v) is 3.16. The Morgan fingerprint density at radius 1 is 1.42 bits per heavy atom. The Balaban J connectivity index is 2.00. The number of amides is 1. The molecule has 19 heavy (non-hydrogen) atoms. The van der Waals surface area contributed by atoms with Gasteiger partial charge in [-0.3, -0.25) is 4.79 Å². The van der Waals surface area contributed by atoms with Gasteiger partial charge in [0, 0.05) is 20.5 Å². The van der Waals surface area contributed by atoms with Crippen molar-refractivity contribution < 1.29 is 4.79 Å². The Morgan fingerprint density at radius 3 is 2.95 bits per heavy atom. The molecule has 1 aromatic rings. The molecule has 0 fully saturated rings. The molecule has 0 saturated carbocycles. The molecule has 1 N–H and O–H groups in total. The van der Waals surface area contributed by atoms with E-state index >= 15 is 0 Å². The second-order valence-electron chi connectivity index (χ2n) is 4.99. The SMILES string of the molecule is CN(C)c1ncncc1NC(=O)CC1=CCCCC1. The van der Waals surface area contributed by atoms with E-state index in [0.717, 1.165) is 18.7 Å². The van der Waals surface area contributed by atoms with Crippen LogP contribution < -0.4 is 10.2 Å². The van der Waals surface area contributed by atoms with E-state index in [0.29, 0.717) is 12.1 Å². The molecule has 0 aliphatic heterocycles. The molecule has 0 saturated heterocycles. The maximum atomic E-state index is 12.0. The van der Waals surface area contributed by atoms with Crippen molar-refractivity contribution >= 4 is 17.4 Å². The van der Waals surface area contributed by atoms with Gasteiger partial charge in [-0.05, 0) is 25.7 Å². The highest BCUT2D eigenvalue weighted by Crippen LogP contribution is 2.22. The summed E-state index contributed by atoms with van der Waals surface area (Å²) in [6, 6.07) is 0. The summed E-state index contributed by atoms with van der Waals surface area (Å²) in [5, 5.41) is 2.89. The molecule has 5 heteroatoms. The molecule has 0 spiro atoms. The van der Waals surface area contributed by atoms with Crippen molar-refractivity contribution in [1.82, 2.24) is 9.97 Å². The molecule has 0 bridgehead atoms. The lowest BCUT2D eigenvalue weighted by Gasteiger charge is -2.16. The second-order valence-corrected chi connectivity index (χ2v) is 4.99. The van der Waals surface area contributed by atoms with Crippen molar-refractivity contribution in [2.24, 2.45) is 0 Å². The quantitative estimate of drug-likeness (QED) is 0.844. The maximum Gasteiger partial charge on any atom is 0.228 e. The molecule has 0 atom stereocenters. The number of hydrogen-bond acceptors (Lipinski definition) is 4. The standard InChI is InChI=1S/C14H20N4O/c1-18(2)14-12(9-15-10-16-14)17-13(19)8-11-6-4-3-5-7-11/h6,9-10H,3-5,7-8H2,1-2H3,(H,17,19). The number of carbonyl (C=O) groups excluding carboxylic acids is 1. The topological polar surface area (TPSA) is 58.1 Å². The largest absolute Gasteiger partial charge is 0.361 e. The minimum Gasteiger partial charge on any atom is -0.361 e. The van der Waals surface area contributed by atoms with E-state index in [1.165, 1.54) is 24.7 Å². The Bertz CT molecular complexity index is 482. The summed E-state index contributed by atoms with van der Waals surface area (Å²) in [7, 11) is 3.78. The molecule has 1 amide bonds. The van der Waals surface area contributed by atoms with Crippen molar-refractivity contribution in [2.45, 2.75) is 32.1 Å². The monoisotopic (exact) mass is 260 g/mol. The summed E-state index contributed by atoms with van der Waals surface area (Å²) in [6.07, 6.45) is 10.3. The number of nitrogens with zero attached hydrogens (tertiary/aromatic N) is 3. The van der Waals surface area contributed by atoms with Gasteiger partial charge in [-0.2, -0.15) is 0 Å². The summed E-state index contributed by atoms with van der Waals surface area (Å²) in [5.41, 5.74) is 1.90. The number of carbonyl (C=O) groups is 1. The zero-order chi connectivity index (χ0) is 13.7. The molecule has 102 valence electrons. The molecule has 5 nitrogen and oxygen atoms in total. The first-order valence-electron chi connectivity index (χ1n) is 6.62. The first-order chi connectivity index (χ1) is 9.16. The molecule has 0 aromatic carbocycles. The number of hydrogen-bond donors (Lipinski definition) is 1. The van der Waals surface area contributed by atoms with Crippen LogP contribution in [0.5, 0.6) is 0 Å². The highest BCUT2D eigenvalue weighted by Gasteiger charge is 2.12. The minimum atomic E-state index is 0.00560. The van der Waals surface area contributed by atoms with Crippen LogP contribution in [0.2, 0.25) is 0 Å². The van der Waals surface area contributed by atoms with Gasteiger partial charge in [0.25, 0.3) is 0 Å². The fourth-order valence-corrected chi connectivity index (χ4v) is 2.23.